The van der Waals surface area contributed by atoms with Crippen LogP contribution in [-0.2, 0) is 0 Å². The molecule has 4 rings (SSSR count). The number of amides is 1. The van der Waals surface area contributed by atoms with Crippen LogP contribution < -0.4 is 5.43 Å². The normalized spacial score (nSPS) is 22.4. The molecule has 1 aromatic heterocycles. The van der Waals surface area contributed by atoms with Gasteiger partial charge in [0.2, 0.25) is 5.43 Å². The van der Waals surface area contributed by atoms with Crippen LogP contribution in [0.3, 0.4) is 0 Å². The lowest BCUT2D eigenvalue weighted by Crippen LogP contribution is -2.45. The van der Waals surface area contributed by atoms with Crippen LogP contribution in [0.15, 0.2) is 29.1 Å². The van der Waals surface area contributed by atoms with E-state index in [9.17, 15) is 9.59 Å². The predicted molar refractivity (Wildman–Crippen MR) is 105 cm³/mol. The van der Waals surface area contributed by atoms with Crippen LogP contribution in [0, 0.1) is 0 Å². The number of hydrogen-bond donors (Lipinski definition) is 1. The Morgan fingerprint density at radius 2 is 1.93 bits per heavy atom. The zero-order valence-corrected chi connectivity index (χ0v) is 16.0. The lowest BCUT2D eigenvalue weighted by Gasteiger charge is -2.35. The molecule has 0 unspecified atom stereocenters. The van der Waals surface area contributed by atoms with Gasteiger partial charge < -0.3 is 9.80 Å². The fourth-order valence-electron chi connectivity index (χ4n) is 4.33. The number of likely N-dealkylation sites (N-methyl/N-ethyl adjacent to an activating group) is 1. The van der Waals surface area contributed by atoms with E-state index in [-0.39, 0.29) is 23.1 Å². The number of aromatic nitrogens is 2. The van der Waals surface area contributed by atoms with Crippen LogP contribution in [0.4, 0.5) is 0 Å². The number of benzene rings is 1. The fraction of sp³-hybridized carbons (Fsp3) is 0.550. The summed E-state index contributed by atoms with van der Waals surface area (Å²) in [6.45, 7) is 4.16. The van der Waals surface area contributed by atoms with E-state index in [0.717, 1.165) is 32.6 Å². The average molecular weight is 369 g/mol. The van der Waals surface area contributed by atoms with Crippen molar-refractivity contribution in [1.29, 1.82) is 0 Å². The smallest absolute Gasteiger partial charge is 0.278 e. The Kier molecular flexibility index (Phi) is 4.97. The van der Waals surface area contributed by atoms with E-state index in [1.54, 1.807) is 30.1 Å². The molecular weight excluding hydrogens is 342 g/mol. The molecule has 2 aromatic rings. The average Bonchev–Trinajstić information content (AvgIpc) is 3.18. The number of carbonyl (C=O) groups excluding carboxylic acids is 1. The molecule has 0 radical (unpaired) electrons. The van der Waals surface area contributed by atoms with Gasteiger partial charge in [-0.2, -0.15) is 5.10 Å². The Morgan fingerprint density at radius 1 is 1.19 bits per heavy atom. The molecule has 0 spiro atoms. The molecule has 0 aliphatic carbocycles. The maximum atomic E-state index is 12.9. The summed E-state index contributed by atoms with van der Waals surface area (Å²) in [5.41, 5.74) is 0.330. The first-order valence-corrected chi connectivity index (χ1v) is 9.72. The largest absolute Gasteiger partial charge is 0.336 e. The second-order valence-electron chi connectivity index (χ2n) is 7.83. The summed E-state index contributed by atoms with van der Waals surface area (Å²) in [4.78, 5) is 32.2. The van der Waals surface area contributed by atoms with Crippen molar-refractivity contribution in [3.05, 3.63) is 40.2 Å². The quantitative estimate of drug-likeness (QED) is 0.879. The number of likely N-dealkylation sites (tertiary alicyclic amines) is 2. The van der Waals surface area contributed by atoms with Crippen LogP contribution in [-0.4, -0.2) is 83.2 Å². The summed E-state index contributed by atoms with van der Waals surface area (Å²) in [5, 5.41) is 7.41. The molecule has 2 fully saturated rings. The highest BCUT2D eigenvalue weighted by molar-refractivity contribution is 5.95. The van der Waals surface area contributed by atoms with E-state index in [1.807, 2.05) is 6.07 Å². The molecule has 2 aliphatic rings. The summed E-state index contributed by atoms with van der Waals surface area (Å²) >= 11 is 0. The number of carbonyl (C=O) groups is 1. The van der Waals surface area contributed by atoms with Crippen molar-refractivity contribution in [2.75, 3.05) is 40.3 Å². The number of fused-ring (bicyclic) bond motifs is 1. The van der Waals surface area contributed by atoms with Crippen molar-refractivity contribution in [2.45, 2.75) is 31.3 Å². The summed E-state index contributed by atoms with van der Waals surface area (Å²) < 4.78 is 0. The zero-order chi connectivity index (χ0) is 19.0. The molecule has 27 heavy (non-hydrogen) atoms. The monoisotopic (exact) mass is 369 g/mol. The lowest BCUT2D eigenvalue weighted by atomic mass is 10.0. The third-order valence-corrected chi connectivity index (χ3v) is 6.14. The first-order valence-electron chi connectivity index (χ1n) is 9.72. The minimum atomic E-state index is -0.300. The molecule has 1 aromatic carbocycles. The van der Waals surface area contributed by atoms with Gasteiger partial charge in [-0.3, -0.25) is 19.6 Å². The number of para-hydroxylation sites is 1. The standard InChI is InChI=1S/C20H27N5O2/c1-23-10-7-14(8-11-23)25-12-9-15(13-25)24(2)20(27)18-19(26)16-5-3-4-6-17(16)21-22-18/h3-6,14-15H,7-13H2,1-2H3,(H,21,26)/t15-/m0/s1. The Morgan fingerprint density at radius 3 is 2.70 bits per heavy atom. The van der Waals surface area contributed by atoms with E-state index in [0.29, 0.717) is 16.9 Å². The summed E-state index contributed by atoms with van der Waals surface area (Å²) in [6, 6.07) is 7.89. The Bertz CT molecular complexity index is 887. The first kappa shape index (κ1) is 18.1. The number of nitrogens with one attached hydrogen (secondary N) is 1. The molecule has 2 saturated heterocycles. The Labute approximate surface area is 158 Å². The van der Waals surface area contributed by atoms with Gasteiger partial charge in [0.25, 0.3) is 5.91 Å². The molecule has 1 amide bonds. The van der Waals surface area contributed by atoms with E-state index in [4.69, 9.17) is 0 Å². The van der Waals surface area contributed by atoms with Crippen molar-refractivity contribution < 1.29 is 4.79 Å². The summed E-state index contributed by atoms with van der Waals surface area (Å²) in [5.74, 6) is -0.294. The topological polar surface area (TPSA) is 72.5 Å². The number of rotatable bonds is 3. The highest BCUT2D eigenvalue weighted by atomic mass is 16.2. The Balaban J connectivity index is 1.47. The summed E-state index contributed by atoms with van der Waals surface area (Å²) in [7, 11) is 3.96. The van der Waals surface area contributed by atoms with Gasteiger partial charge in [0.15, 0.2) is 5.69 Å². The van der Waals surface area contributed by atoms with Gasteiger partial charge in [-0.1, -0.05) is 12.1 Å². The molecule has 1 N–H and O–H groups in total. The maximum Gasteiger partial charge on any atom is 0.278 e. The van der Waals surface area contributed by atoms with Gasteiger partial charge in [0.05, 0.1) is 5.52 Å². The third-order valence-electron chi connectivity index (χ3n) is 6.14. The van der Waals surface area contributed by atoms with E-state index in [2.05, 4.69) is 27.0 Å². The molecule has 144 valence electrons. The van der Waals surface area contributed by atoms with Crippen molar-refractivity contribution in [3.63, 3.8) is 0 Å². The van der Waals surface area contributed by atoms with Crippen LogP contribution in [0.25, 0.3) is 10.9 Å². The second kappa shape index (κ2) is 7.40. The van der Waals surface area contributed by atoms with Crippen LogP contribution in [0.2, 0.25) is 0 Å². The van der Waals surface area contributed by atoms with Crippen molar-refractivity contribution in [3.8, 4) is 0 Å². The van der Waals surface area contributed by atoms with Gasteiger partial charge in [0.1, 0.15) is 0 Å². The first-order chi connectivity index (χ1) is 13.0. The number of aromatic amines is 1. The highest BCUT2D eigenvalue weighted by Gasteiger charge is 2.34. The minimum Gasteiger partial charge on any atom is -0.336 e. The number of hydrogen-bond acceptors (Lipinski definition) is 5. The van der Waals surface area contributed by atoms with Gasteiger partial charge in [-0.05, 0) is 51.5 Å². The Hall–Kier alpha value is -2.25. The predicted octanol–water partition coefficient (Wildman–Crippen LogP) is 1.16. The van der Waals surface area contributed by atoms with Crippen molar-refractivity contribution >= 4 is 16.8 Å². The molecule has 7 nitrogen and oxygen atoms in total. The van der Waals surface area contributed by atoms with Gasteiger partial charge >= 0.3 is 0 Å². The second-order valence-corrected chi connectivity index (χ2v) is 7.83. The van der Waals surface area contributed by atoms with Crippen LogP contribution in [0.1, 0.15) is 29.8 Å². The van der Waals surface area contributed by atoms with Crippen LogP contribution in [0.5, 0.6) is 0 Å². The van der Waals surface area contributed by atoms with Crippen LogP contribution >= 0.6 is 0 Å². The molecule has 3 heterocycles. The lowest BCUT2D eigenvalue weighted by molar-refractivity contribution is 0.0713. The molecular formula is C20H27N5O2. The highest BCUT2D eigenvalue weighted by Crippen LogP contribution is 2.23. The molecule has 0 bridgehead atoms. The molecule has 2 aliphatic heterocycles. The zero-order valence-electron chi connectivity index (χ0n) is 16.0. The fourth-order valence-corrected chi connectivity index (χ4v) is 4.33. The van der Waals surface area contributed by atoms with Gasteiger partial charge in [-0.25, -0.2) is 0 Å². The molecule has 0 saturated carbocycles. The van der Waals surface area contributed by atoms with Crippen molar-refractivity contribution in [1.82, 2.24) is 24.9 Å². The minimum absolute atomic E-state index is 0.0195. The van der Waals surface area contributed by atoms with Crippen molar-refractivity contribution in [2.24, 2.45) is 0 Å². The maximum absolute atomic E-state index is 12.9. The third kappa shape index (κ3) is 3.49. The van der Waals surface area contributed by atoms with E-state index < -0.39 is 0 Å². The van der Waals surface area contributed by atoms with Gasteiger partial charge in [0, 0.05) is 37.6 Å². The van der Waals surface area contributed by atoms with Gasteiger partial charge in [-0.15, -0.1) is 0 Å². The number of H-pyrrole nitrogens is 1. The molecule has 1 atom stereocenters. The number of piperidine rings is 1. The number of nitrogens with zero attached hydrogens (tertiary/aromatic N) is 4. The summed E-state index contributed by atoms with van der Waals surface area (Å²) in [6.07, 6.45) is 3.32. The van der Waals surface area contributed by atoms with E-state index >= 15 is 0 Å². The van der Waals surface area contributed by atoms with E-state index in [1.165, 1.54) is 12.8 Å². The molecule has 7 heteroatoms. The SMILES string of the molecule is CN1CCC(N2CC[C@H](N(C)C(=O)c3n[nH]c4ccccc4c3=O)C2)CC1.